The van der Waals surface area contributed by atoms with E-state index in [1.54, 1.807) is 43.1 Å². The minimum atomic E-state index is -3.20. The zero-order valence-electron chi connectivity index (χ0n) is 23.9. The predicted molar refractivity (Wildman–Crippen MR) is 150 cm³/mol. The van der Waals surface area contributed by atoms with E-state index in [-0.39, 0.29) is 30.9 Å². The number of carbonyl (C=O) groups excluding carboxylic acids is 1. The van der Waals surface area contributed by atoms with Crippen molar-refractivity contribution in [2.24, 2.45) is 5.41 Å². The molecule has 0 aromatic carbocycles. The summed E-state index contributed by atoms with van der Waals surface area (Å²) in [6.07, 6.45) is 3.81. The fourth-order valence-electron chi connectivity index (χ4n) is 6.02. The molecule has 0 atom stereocenters. The maximum absolute atomic E-state index is 15.5. The minimum absolute atomic E-state index is 0.00633. The van der Waals surface area contributed by atoms with Crippen molar-refractivity contribution >= 4 is 38.8 Å². The van der Waals surface area contributed by atoms with Gasteiger partial charge in [0, 0.05) is 56.0 Å². The van der Waals surface area contributed by atoms with Gasteiger partial charge < -0.3 is 19.9 Å². The van der Waals surface area contributed by atoms with Crippen LogP contribution in [-0.4, -0.2) is 101 Å². The third-order valence-corrected chi connectivity index (χ3v) is 10.8. The molecule has 1 N–H and O–H groups in total. The summed E-state index contributed by atoms with van der Waals surface area (Å²) in [5, 5.41) is 3.79. The Morgan fingerprint density at radius 3 is 2.39 bits per heavy atom. The van der Waals surface area contributed by atoms with E-state index in [1.165, 1.54) is 4.90 Å². The Morgan fingerprint density at radius 2 is 1.76 bits per heavy atom. The maximum Gasteiger partial charge on any atom is 0.410 e. The number of sulfonamides is 1. The predicted octanol–water partition coefficient (Wildman–Crippen LogP) is 3.39. The number of pyridine rings is 1. The Bertz CT molecular complexity index is 1460. The fourth-order valence-corrected chi connectivity index (χ4v) is 7.90. The van der Waals surface area contributed by atoms with E-state index < -0.39 is 39.6 Å². The number of halogens is 2. The first-order chi connectivity index (χ1) is 19.2. The van der Waals surface area contributed by atoms with Gasteiger partial charge in [-0.05, 0) is 59.4 Å². The van der Waals surface area contributed by atoms with Crippen molar-refractivity contribution in [3.63, 3.8) is 0 Å². The molecular formula is C27H37F2N7O4S. The van der Waals surface area contributed by atoms with E-state index >= 15 is 8.78 Å². The van der Waals surface area contributed by atoms with Crippen LogP contribution in [0.25, 0.3) is 10.9 Å². The molecule has 2 aromatic heterocycles. The summed E-state index contributed by atoms with van der Waals surface area (Å²) in [4.78, 5) is 29.1. The number of piperidine rings is 1. The highest BCUT2D eigenvalue weighted by Gasteiger charge is 2.67. The van der Waals surface area contributed by atoms with Gasteiger partial charge in [-0.2, -0.15) is 0 Å². The first-order valence-corrected chi connectivity index (χ1v) is 15.7. The number of fused-ring (bicyclic) bond motifs is 1. The van der Waals surface area contributed by atoms with E-state index in [9.17, 15) is 13.2 Å². The number of nitrogens with one attached hydrogen (secondary N) is 1. The van der Waals surface area contributed by atoms with Gasteiger partial charge >= 0.3 is 6.09 Å². The average molecular weight is 594 g/mol. The number of nitrogens with zero attached hydrogens (tertiary/aromatic N) is 6. The lowest BCUT2D eigenvalue weighted by Gasteiger charge is -2.49. The Labute approximate surface area is 238 Å². The molecule has 6 rings (SSSR count). The summed E-state index contributed by atoms with van der Waals surface area (Å²) in [6, 6.07) is 1.81. The summed E-state index contributed by atoms with van der Waals surface area (Å²) < 4.78 is 63.0. The molecule has 1 saturated carbocycles. The monoisotopic (exact) mass is 593 g/mol. The van der Waals surface area contributed by atoms with E-state index in [1.807, 2.05) is 6.07 Å². The normalized spacial score (nSPS) is 23.2. The number of amides is 1. The van der Waals surface area contributed by atoms with Crippen LogP contribution in [0.3, 0.4) is 0 Å². The molecule has 1 aliphatic carbocycles. The van der Waals surface area contributed by atoms with Crippen molar-refractivity contribution in [3.05, 3.63) is 18.0 Å². The van der Waals surface area contributed by atoms with E-state index in [0.29, 0.717) is 54.3 Å². The van der Waals surface area contributed by atoms with Crippen LogP contribution < -0.4 is 10.2 Å². The highest BCUT2D eigenvalue weighted by atomic mass is 32.2. The Kier molecular flexibility index (Phi) is 6.60. The quantitative estimate of drug-likeness (QED) is 0.556. The molecule has 3 aliphatic heterocycles. The molecule has 4 fully saturated rings. The number of ether oxygens (including phenoxy) is 1. The SMILES string of the molecule is Cc1cc2cnc(NC3CCN(S(=O)(=O)C4CC4)CC3)nc2c(N2CC(F)(F)C3(CN(C(=O)OC(C)(C)C)C3)C2)n1. The number of aromatic nitrogens is 3. The van der Waals surface area contributed by atoms with Gasteiger partial charge in [0.15, 0.2) is 5.82 Å². The third-order valence-electron chi connectivity index (χ3n) is 8.37. The Hall–Kier alpha value is -2.87. The van der Waals surface area contributed by atoms with Crippen molar-refractivity contribution in [1.82, 2.24) is 24.2 Å². The van der Waals surface area contributed by atoms with Gasteiger partial charge in [-0.1, -0.05) is 0 Å². The Morgan fingerprint density at radius 1 is 1.07 bits per heavy atom. The van der Waals surface area contributed by atoms with Crippen LogP contribution in [0.15, 0.2) is 12.3 Å². The summed E-state index contributed by atoms with van der Waals surface area (Å²) in [5.41, 5.74) is -0.956. The number of carbonyl (C=O) groups is 1. The number of aryl methyl sites for hydroxylation is 1. The summed E-state index contributed by atoms with van der Waals surface area (Å²) in [5.74, 6) is -2.32. The first-order valence-electron chi connectivity index (χ1n) is 14.2. The summed E-state index contributed by atoms with van der Waals surface area (Å²) >= 11 is 0. The van der Waals surface area contributed by atoms with Gasteiger partial charge in [-0.3, -0.25) is 0 Å². The van der Waals surface area contributed by atoms with Crippen LogP contribution in [0.2, 0.25) is 0 Å². The van der Waals surface area contributed by atoms with Gasteiger partial charge in [-0.15, -0.1) is 0 Å². The molecule has 14 heteroatoms. The number of hydrogen-bond acceptors (Lipinski definition) is 9. The molecule has 4 aliphatic rings. The molecule has 2 aromatic rings. The summed E-state index contributed by atoms with van der Waals surface area (Å²) in [7, 11) is -3.20. The van der Waals surface area contributed by atoms with Crippen molar-refractivity contribution in [3.8, 4) is 0 Å². The van der Waals surface area contributed by atoms with Crippen LogP contribution in [0.5, 0.6) is 0 Å². The van der Waals surface area contributed by atoms with Gasteiger partial charge in [0.1, 0.15) is 11.1 Å². The molecule has 11 nitrogen and oxygen atoms in total. The van der Waals surface area contributed by atoms with E-state index in [2.05, 4.69) is 15.3 Å². The lowest BCUT2D eigenvalue weighted by Crippen LogP contribution is -2.66. The average Bonchev–Trinajstić information content (AvgIpc) is 3.66. The van der Waals surface area contributed by atoms with Gasteiger partial charge in [-0.25, -0.2) is 41.3 Å². The topological polar surface area (TPSA) is 121 Å². The van der Waals surface area contributed by atoms with Crippen molar-refractivity contribution < 1.29 is 26.7 Å². The van der Waals surface area contributed by atoms with E-state index in [4.69, 9.17) is 9.72 Å². The molecule has 224 valence electrons. The van der Waals surface area contributed by atoms with Crippen molar-refractivity contribution in [1.29, 1.82) is 0 Å². The largest absolute Gasteiger partial charge is 0.444 e. The smallest absolute Gasteiger partial charge is 0.410 e. The van der Waals surface area contributed by atoms with Crippen LogP contribution in [0.4, 0.5) is 25.3 Å². The number of alkyl halides is 2. The lowest BCUT2D eigenvalue weighted by molar-refractivity contribution is -0.151. The molecule has 0 bridgehead atoms. The molecule has 5 heterocycles. The highest BCUT2D eigenvalue weighted by molar-refractivity contribution is 7.90. The number of hydrogen-bond donors (Lipinski definition) is 1. The van der Waals surface area contributed by atoms with Crippen LogP contribution in [0.1, 0.15) is 52.1 Å². The van der Waals surface area contributed by atoms with Gasteiger partial charge in [0.05, 0.1) is 17.2 Å². The minimum Gasteiger partial charge on any atom is -0.444 e. The zero-order chi connectivity index (χ0) is 29.4. The van der Waals surface area contributed by atoms with Crippen LogP contribution in [0, 0.1) is 12.3 Å². The second kappa shape index (κ2) is 9.58. The lowest BCUT2D eigenvalue weighted by atomic mass is 9.76. The van der Waals surface area contributed by atoms with Gasteiger partial charge in [0.2, 0.25) is 16.0 Å². The van der Waals surface area contributed by atoms with Crippen molar-refractivity contribution in [2.45, 2.75) is 76.2 Å². The molecule has 3 saturated heterocycles. The van der Waals surface area contributed by atoms with Crippen molar-refractivity contribution in [2.75, 3.05) is 49.5 Å². The Balaban J connectivity index is 1.18. The number of anilines is 2. The zero-order valence-corrected chi connectivity index (χ0v) is 24.7. The second-order valence-corrected chi connectivity index (χ2v) is 15.2. The van der Waals surface area contributed by atoms with Crippen LogP contribution >= 0.6 is 0 Å². The van der Waals surface area contributed by atoms with E-state index in [0.717, 1.165) is 12.8 Å². The molecule has 1 spiro atoms. The standard InChI is InChI=1S/C27H37F2N7O4S/c1-17-11-18-12-30-23(32-19-7-9-36(10-8-19)41(38,39)20-5-6-20)33-21(18)22(31-17)34-13-26(27(28,29)16-34)14-35(15-26)24(37)40-25(2,3)4/h11-12,19-20H,5-10,13-16H2,1-4H3,(H,30,32,33). The number of likely N-dealkylation sites (tertiary alicyclic amines) is 1. The second-order valence-electron chi connectivity index (χ2n) is 13.0. The molecular weight excluding hydrogens is 556 g/mol. The fraction of sp³-hybridized carbons (Fsp3) is 0.704. The third kappa shape index (κ3) is 5.28. The molecule has 41 heavy (non-hydrogen) atoms. The number of rotatable bonds is 5. The van der Waals surface area contributed by atoms with Crippen LogP contribution in [-0.2, 0) is 14.8 Å². The van der Waals surface area contributed by atoms with Gasteiger partial charge in [0.25, 0.3) is 5.92 Å². The molecule has 0 radical (unpaired) electrons. The summed E-state index contributed by atoms with van der Waals surface area (Å²) in [6.45, 7) is 7.25. The molecule has 1 amide bonds. The maximum atomic E-state index is 15.5. The first kappa shape index (κ1) is 28.3. The highest BCUT2D eigenvalue weighted by Crippen LogP contribution is 2.51. The molecule has 0 unspecified atom stereocenters.